The van der Waals surface area contributed by atoms with Gasteiger partial charge in [0.1, 0.15) is 5.82 Å². The Morgan fingerprint density at radius 3 is 3.00 bits per heavy atom. The number of fused-ring (bicyclic) bond motifs is 1. The van der Waals surface area contributed by atoms with Crippen LogP contribution in [0.1, 0.15) is 5.82 Å². The monoisotopic (exact) mass is 216 g/mol. The highest BCUT2D eigenvalue weighted by atomic mass is 15.2. The Bertz CT molecular complexity index is 471. The predicted octanol–water partition coefficient (Wildman–Crippen LogP) is 0.739. The van der Waals surface area contributed by atoms with Crippen LogP contribution in [0.15, 0.2) is 30.6 Å². The van der Waals surface area contributed by atoms with Crippen LogP contribution >= 0.6 is 0 Å². The molecule has 3 heterocycles. The Kier molecular flexibility index (Phi) is 2.60. The normalized spacial score (nSPS) is 18.0. The Labute approximate surface area is 94.9 Å². The SMILES string of the molecule is c1ccn2c(CN3CCNCC3)ncc2c1. The summed E-state index contributed by atoms with van der Waals surface area (Å²) in [7, 11) is 0. The van der Waals surface area contributed by atoms with Crippen LogP contribution in [0.5, 0.6) is 0 Å². The lowest BCUT2D eigenvalue weighted by Crippen LogP contribution is -2.43. The number of nitrogens with zero attached hydrogens (tertiary/aromatic N) is 3. The zero-order valence-corrected chi connectivity index (χ0v) is 9.26. The maximum absolute atomic E-state index is 4.49. The summed E-state index contributed by atoms with van der Waals surface area (Å²) in [6.07, 6.45) is 4.03. The molecule has 1 aliphatic heterocycles. The van der Waals surface area contributed by atoms with Crippen LogP contribution in [-0.2, 0) is 6.54 Å². The zero-order valence-electron chi connectivity index (χ0n) is 9.26. The molecule has 84 valence electrons. The first-order chi connectivity index (χ1) is 7.93. The maximum Gasteiger partial charge on any atom is 0.127 e. The number of hydrogen-bond donors (Lipinski definition) is 1. The van der Waals surface area contributed by atoms with Gasteiger partial charge in [0.15, 0.2) is 0 Å². The topological polar surface area (TPSA) is 32.6 Å². The number of rotatable bonds is 2. The Morgan fingerprint density at radius 2 is 2.12 bits per heavy atom. The van der Waals surface area contributed by atoms with E-state index < -0.39 is 0 Å². The summed E-state index contributed by atoms with van der Waals surface area (Å²) >= 11 is 0. The van der Waals surface area contributed by atoms with Gasteiger partial charge in [-0.05, 0) is 12.1 Å². The fourth-order valence-electron chi connectivity index (χ4n) is 2.19. The van der Waals surface area contributed by atoms with E-state index >= 15 is 0 Å². The molecule has 0 bridgehead atoms. The molecule has 0 spiro atoms. The third-order valence-corrected chi connectivity index (χ3v) is 3.09. The van der Waals surface area contributed by atoms with Crippen LogP contribution in [0.2, 0.25) is 0 Å². The minimum atomic E-state index is 0.944. The minimum absolute atomic E-state index is 0.944. The van der Waals surface area contributed by atoms with E-state index in [4.69, 9.17) is 0 Å². The van der Waals surface area contributed by atoms with Crippen molar-refractivity contribution in [1.82, 2.24) is 19.6 Å². The van der Waals surface area contributed by atoms with E-state index in [0.717, 1.165) is 38.5 Å². The van der Waals surface area contributed by atoms with E-state index in [1.54, 1.807) is 0 Å². The number of imidazole rings is 1. The second kappa shape index (κ2) is 4.23. The highest BCUT2D eigenvalue weighted by molar-refractivity contribution is 5.45. The molecule has 0 radical (unpaired) electrons. The van der Waals surface area contributed by atoms with Gasteiger partial charge in [0.2, 0.25) is 0 Å². The summed E-state index contributed by atoms with van der Waals surface area (Å²) in [6, 6.07) is 6.19. The maximum atomic E-state index is 4.49. The van der Waals surface area contributed by atoms with Gasteiger partial charge in [-0.2, -0.15) is 0 Å². The molecule has 3 rings (SSSR count). The van der Waals surface area contributed by atoms with Crippen molar-refractivity contribution in [2.24, 2.45) is 0 Å². The van der Waals surface area contributed by atoms with Crippen LogP contribution in [-0.4, -0.2) is 40.5 Å². The molecule has 0 amide bonds. The molecule has 2 aromatic rings. The number of aromatic nitrogens is 2. The molecule has 0 unspecified atom stereocenters. The summed E-state index contributed by atoms with van der Waals surface area (Å²) in [6.45, 7) is 5.34. The van der Waals surface area contributed by atoms with Crippen molar-refractivity contribution in [3.8, 4) is 0 Å². The first-order valence-electron chi connectivity index (χ1n) is 5.77. The highest BCUT2D eigenvalue weighted by Crippen LogP contribution is 2.08. The summed E-state index contributed by atoms with van der Waals surface area (Å²) in [5, 5.41) is 3.36. The lowest BCUT2D eigenvalue weighted by Gasteiger charge is -2.26. The number of piperazine rings is 1. The van der Waals surface area contributed by atoms with Crippen molar-refractivity contribution < 1.29 is 0 Å². The molecule has 1 N–H and O–H groups in total. The minimum Gasteiger partial charge on any atom is -0.314 e. The van der Waals surface area contributed by atoms with Crippen molar-refractivity contribution in [2.75, 3.05) is 26.2 Å². The van der Waals surface area contributed by atoms with Gasteiger partial charge in [0.25, 0.3) is 0 Å². The van der Waals surface area contributed by atoms with E-state index in [2.05, 4.69) is 37.9 Å². The molecule has 0 aliphatic carbocycles. The molecular formula is C12H16N4. The van der Waals surface area contributed by atoms with E-state index in [0.29, 0.717) is 0 Å². The second-order valence-electron chi connectivity index (χ2n) is 4.20. The smallest absolute Gasteiger partial charge is 0.127 e. The predicted molar refractivity (Wildman–Crippen MR) is 63.3 cm³/mol. The molecule has 16 heavy (non-hydrogen) atoms. The van der Waals surface area contributed by atoms with Crippen molar-refractivity contribution in [3.05, 3.63) is 36.4 Å². The molecule has 1 saturated heterocycles. The van der Waals surface area contributed by atoms with Crippen LogP contribution in [0.3, 0.4) is 0 Å². The number of hydrogen-bond acceptors (Lipinski definition) is 3. The molecule has 1 aliphatic rings. The van der Waals surface area contributed by atoms with Crippen LogP contribution < -0.4 is 5.32 Å². The molecule has 4 nitrogen and oxygen atoms in total. The number of nitrogens with one attached hydrogen (secondary N) is 1. The molecule has 0 aromatic carbocycles. The van der Waals surface area contributed by atoms with Crippen LogP contribution in [0, 0.1) is 0 Å². The van der Waals surface area contributed by atoms with Crippen molar-refractivity contribution in [1.29, 1.82) is 0 Å². The van der Waals surface area contributed by atoms with Gasteiger partial charge in [-0.15, -0.1) is 0 Å². The Morgan fingerprint density at radius 1 is 1.25 bits per heavy atom. The summed E-state index contributed by atoms with van der Waals surface area (Å²) in [4.78, 5) is 6.93. The lowest BCUT2D eigenvalue weighted by atomic mass is 10.3. The fraction of sp³-hybridized carbons (Fsp3) is 0.417. The van der Waals surface area contributed by atoms with Gasteiger partial charge in [-0.3, -0.25) is 4.90 Å². The summed E-state index contributed by atoms with van der Waals surface area (Å²) < 4.78 is 2.17. The first kappa shape index (κ1) is 9.81. The Balaban J connectivity index is 1.83. The van der Waals surface area contributed by atoms with Crippen molar-refractivity contribution in [3.63, 3.8) is 0 Å². The van der Waals surface area contributed by atoms with E-state index in [1.165, 1.54) is 5.52 Å². The van der Waals surface area contributed by atoms with Gasteiger partial charge >= 0.3 is 0 Å². The summed E-state index contributed by atoms with van der Waals surface area (Å²) in [5.74, 6) is 1.14. The van der Waals surface area contributed by atoms with Crippen molar-refractivity contribution in [2.45, 2.75) is 6.54 Å². The van der Waals surface area contributed by atoms with E-state index in [9.17, 15) is 0 Å². The van der Waals surface area contributed by atoms with Crippen LogP contribution in [0.25, 0.3) is 5.52 Å². The van der Waals surface area contributed by atoms with Crippen molar-refractivity contribution >= 4 is 5.52 Å². The number of pyridine rings is 1. The largest absolute Gasteiger partial charge is 0.314 e. The first-order valence-corrected chi connectivity index (χ1v) is 5.77. The molecule has 1 fully saturated rings. The standard InChI is InChI=1S/C12H16N4/c1-2-6-16-11(3-1)9-14-12(16)10-15-7-4-13-5-8-15/h1-3,6,9,13H,4-5,7-8,10H2. The van der Waals surface area contributed by atoms with Gasteiger partial charge in [-0.25, -0.2) is 4.98 Å². The summed E-state index contributed by atoms with van der Waals surface area (Å²) in [5.41, 5.74) is 1.17. The molecule has 4 heteroatoms. The molecular weight excluding hydrogens is 200 g/mol. The van der Waals surface area contributed by atoms with E-state index in [1.807, 2.05) is 12.3 Å². The fourth-order valence-corrected chi connectivity index (χ4v) is 2.19. The Hall–Kier alpha value is -1.39. The van der Waals surface area contributed by atoms with Gasteiger partial charge in [0, 0.05) is 32.4 Å². The van der Waals surface area contributed by atoms with Crippen LogP contribution in [0.4, 0.5) is 0 Å². The lowest BCUT2D eigenvalue weighted by molar-refractivity contribution is 0.227. The quantitative estimate of drug-likeness (QED) is 0.803. The van der Waals surface area contributed by atoms with Gasteiger partial charge < -0.3 is 9.72 Å². The van der Waals surface area contributed by atoms with Gasteiger partial charge in [0.05, 0.1) is 18.3 Å². The highest BCUT2D eigenvalue weighted by Gasteiger charge is 2.12. The molecule has 2 aromatic heterocycles. The van der Waals surface area contributed by atoms with Gasteiger partial charge in [-0.1, -0.05) is 6.07 Å². The molecule has 0 atom stereocenters. The average molecular weight is 216 g/mol. The third kappa shape index (κ3) is 1.81. The zero-order chi connectivity index (χ0) is 10.8. The molecule has 0 saturated carbocycles. The van der Waals surface area contributed by atoms with E-state index in [-0.39, 0.29) is 0 Å². The average Bonchev–Trinajstić information content (AvgIpc) is 2.74. The third-order valence-electron chi connectivity index (χ3n) is 3.09. The second-order valence-corrected chi connectivity index (χ2v) is 4.20.